The summed E-state index contributed by atoms with van der Waals surface area (Å²) in [5, 5.41) is 2.79. The van der Waals surface area contributed by atoms with E-state index < -0.39 is 6.10 Å². The second kappa shape index (κ2) is 8.39. The van der Waals surface area contributed by atoms with Crippen molar-refractivity contribution in [2.75, 3.05) is 5.32 Å². The summed E-state index contributed by atoms with van der Waals surface area (Å²) >= 11 is 0. The Bertz CT molecular complexity index is 1080. The van der Waals surface area contributed by atoms with E-state index in [2.05, 4.69) is 5.32 Å². The second-order valence-corrected chi connectivity index (χ2v) is 7.19. The van der Waals surface area contributed by atoms with Crippen LogP contribution >= 0.6 is 0 Å². The van der Waals surface area contributed by atoms with Gasteiger partial charge in [0.15, 0.2) is 6.10 Å². The first-order chi connectivity index (χ1) is 13.8. The lowest BCUT2D eigenvalue weighted by Crippen LogP contribution is -2.34. The molecule has 0 saturated heterocycles. The highest BCUT2D eigenvalue weighted by Crippen LogP contribution is 2.20. The van der Waals surface area contributed by atoms with Gasteiger partial charge >= 0.3 is 0 Å². The third kappa shape index (κ3) is 4.11. The van der Waals surface area contributed by atoms with Gasteiger partial charge in [-0.05, 0) is 62.6 Å². The number of carbonyl (C=O) groups excluding carboxylic acids is 1. The number of hydrogen-bond donors (Lipinski definition) is 1. The molecule has 1 heterocycles. The summed E-state index contributed by atoms with van der Waals surface area (Å²) < 4.78 is 9.18. The Morgan fingerprint density at radius 2 is 1.76 bits per heavy atom. The zero-order valence-corrected chi connectivity index (χ0v) is 17.5. The largest absolute Gasteiger partial charge is 0.481 e. The molecule has 0 bridgehead atoms. The van der Waals surface area contributed by atoms with Crippen molar-refractivity contribution in [1.29, 1.82) is 0 Å². The Morgan fingerprint density at radius 1 is 1.07 bits per heavy atom. The molecule has 3 rings (SSSR count). The summed E-state index contributed by atoms with van der Waals surface area (Å²) in [6.07, 6.45) is -0.210. The molecule has 3 aromatic rings. The highest BCUT2D eigenvalue weighted by Gasteiger charge is 2.23. The number of nitrogens with zero attached hydrogens (tertiary/aromatic N) is 2. The maximum Gasteiger partial charge on any atom is 0.295 e. The summed E-state index contributed by atoms with van der Waals surface area (Å²) in [5.74, 6) is 0.304. The Balaban J connectivity index is 1.86. The molecule has 0 spiro atoms. The van der Waals surface area contributed by atoms with Gasteiger partial charge in [-0.25, -0.2) is 4.68 Å². The predicted molar refractivity (Wildman–Crippen MR) is 115 cm³/mol. The number of benzene rings is 2. The molecule has 1 aromatic heterocycles. The van der Waals surface area contributed by atoms with Crippen molar-refractivity contribution in [3.63, 3.8) is 0 Å². The Kier molecular flexibility index (Phi) is 5.92. The van der Waals surface area contributed by atoms with Crippen LogP contribution in [0, 0.1) is 20.8 Å². The van der Waals surface area contributed by atoms with Crippen LogP contribution in [0.5, 0.6) is 5.75 Å². The number of anilines is 1. The minimum Gasteiger partial charge on any atom is -0.481 e. The lowest BCUT2D eigenvalue weighted by atomic mass is 10.1. The molecule has 6 heteroatoms. The van der Waals surface area contributed by atoms with Crippen LogP contribution in [-0.4, -0.2) is 21.4 Å². The smallest absolute Gasteiger partial charge is 0.295 e. The molecule has 1 atom stereocenters. The molecule has 29 heavy (non-hydrogen) atoms. The van der Waals surface area contributed by atoms with Crippen molar-refractivity contribution in [2.24, 2.45) is 7.05 Å². The van der Waals surface area contributed by atoms with E-state index in [0.717, 1.165) is 16.8 Å². The van der Waals surface area contributed by atoms with Gasteiger partial charge in [0.25, 0.3) is 11.5 Å². The van der Waals surface area contributed by atoms with Crippen molar-refractivity contribution >= 4 is 11.6 Å². The van der Waals surface area contributed by atoms with Crippen LogP contribution < -0.4 is 15.6 Å². The highest BCUT2D eigenvalue weighted by atomic mass is 16.5. The molecular formula is C23H27N3O3. The lowest BCUT2D eigenvalue weighted by Gasteiger charge is -2.17. The third-order valence-electron chi connectivity index (χ3n) is 5.22. The molecule has 2 aromatic carbocycles. The molecule has 1 amide bonds. The van der Waals surface area contributed by atoms with Gasteiger partial charge in [0.1, 0.15) is 11.4 Å². The fourth-order valence-corrected chi connectivity index (χ4v) is 3.19. The van der Waals surface area contributed by atoms with E-state index >= 15 is 0 Å². The van der Waals surface area contributed by atoms with E-state index in [4.69, 9.17) is 4.74 Å². The first-order valence-corrected chi connectivity index (χ1v) is 9.72. The molecule has 0 radical (unpaired) electrons. The first-order valence-electron chi connectivity index (χ1n) is 9.72. The zero-order chi connectivity index (χ0) is 21.1. The number of carbonyl (C=O) groups is 1. The Labute approximate surface area is 170 Å². The molecule has 6 nitrogen and oxygen atoms in total. The summed E-state index contributed by atoms with van der Waals surface area (Å²) in [6.45, 7) is 7.72. The number of hydrogen-bond acceptors (Lipinski definition) is 3. The first kappa shape index (κ1) is 20.5. The van der Waals surface area contributed by atoms with Gasteiger partial charge < -0.3 is 10.1 Å². The van der Waals surface area contributed by atoms with Crippen LogP contribution in [0.1, 0.15) is 30.2 Å². The number of amides is 1. The number of rotatable bonds is 6. The van der Waals surface area contributed by atoms with Gasteiger partial charge in [0, 0.05) is 7.05 Å². The van der Waals surface area contributed by atoms with E-state index in [9.17, 15) is 9.59 Å². The molecule has 152 valence electrons. The molecular weight excluding hydrogens is 366 g/mol. The van der Waals surface area contributed by atoms with E-state index in [1.165, 1.54) is 4.68 Å². The van der Waals surface area contributed by atoms with Crippen LogP contribution in [0.3, 0.4) is 0 Å². The molecule has 0 saturated carbocycles. The second-order valence-electron chi connectivity index (χ2n) is 7.19. The van der Waals surface area contributed by atoms with Crippen LogP contribution in [0.2, 0.25) is 0 Å². The van der Waals surface area contributed by atoms with Crippen LogP contribution in [0.15, 0.2) is 53.3 Å². The van der Waals surface area contributed by atoms with E-state index in [1.807, 2.05) is 76.2 Å². The normalized spacial score (nSPS) is 11.9. The predicted octanol–water partition coefficient (Wildman–Crippen LogP) is 3.90. The topological polar surface area (TPSA) is 65.3 Å². The fourth-order valence-electron chi connectivity index (χ4n) is 3.19. The maximum atomic E-state index is 13.0. The number of nitrogens with one attached hydrogen (secondary N) is 1. The third-order valence-corrected chi connectivity index (χ3v) is 5.22. The molecule has 0 aliphatic heterocycles. The number of ether oxygens (including phenoxy) is 1. The molecule has 0 aliphatic rings. The SMILES string of the molecule is CC[C@@H](Oc1ccc(C)c(C)c1)C(=O)Nc1c(C)n(C)n(-c2ccccc2)c1=O. The average Bonchev–Trinajstić information content (AvgIpc) is 2.92. The maximum absolute atomic E-state index is 13.0. The number of aromatic nitrogens is 2. The summed E-state index contributed by atoms with van der Waals surface area (Å²) in [4.78, 5) is 25.9. The highest BCUT2D eigenvalue weighted by molar-refractivity contribution is 5.94. The van der Waals surface area contributed by atoms with Crippen molar-refractivity contribution < 1.29 is 9.53 Å². The van der Waals surface area contributed by atoms with Gasteiger partial charge in [0.05, 0.1) is 11.4 Å². The van der Waals surface area contributed by atoms with E-state index in [0.29, 0.717) is 17.9 Å². The summed E-state index contributed by atoms with van der Waals surface area (Å²) in [6, 6.07) is 15.1. The zero-order valence-electron chi connectivity index (χ0n) is 17.5. The van der Waals surface area contributed by atoms with Crippen LogP contribution in [-0.2, 0) is 11.8 Å². The van der Waals surface area contributed by atoms with Crippen LogP contribution in [0.4, 0.5) is 5.69 Å². The molecule has 0 fully saturated rings. The van der Waals surface area contributed by atoms with Crippen LogP contribution in [0.25, 0.3) is 5.69 Å². The van der Waals surface area contributed by atoms with Crippen molar-refractivity contribution in [3.05, 3.63) is 75.7 Å². The van der Waals surface area contributed by atoms with Gasteiger partial charge in [-0.15, -0.1) is 0 Å². The fraction of sp³-hybridized carbons (Fsp3) is 0.304. The van der Waals surface area contributed by atoms with E-state index in [-0.39, 0.29) is 17.2 Å². The number of para-hydroxylation sites is 1. The molecule has 1 N–H and O–H groups in total. The van der Waals surface area contributed by atoms with Gasteiger partial charge in [-0.3, -0.25) is 14.3 Å². The van der Waals surface area contributed by atoms with Crippen molar-refractivity contribution in [2.45, 2.75) is 40.2 Å². The standard InChI is InChI=1S/C23H27N3O3/c1-6-20(29-19-13-12-15(2)16(3)14-19)22(27)24-21-17(4)25(5)26(23(21)28)18-10-8-7-9-11-18/h7-14,20H,6H2,1-5H3,(H,24,27)/t20-/m1/s1. The quantitative estimate of drug-likeness (QED) is 0.691. The van der Waals surface area contributed by atoms with Crippen molar-refractivity contribution in [1.82, 2.24) is 9.36 Å². The lowest BCUT2D eigenvalue weighted by molar-refractivity contribution is -0.122. The molecule has 0 unspecified atom stereocenters. The summed E-state index contributed by atoms with van der Waals surface area (Å²) in [5.41, 5.74) is 3.67. The molecule has 0 aliphatic carbocycles. The van der Waals surface area contributed by atoms with Crippen molar-refractivity contribution in [3.8, 4) is 11.4 Å². The van der Waals surface area contributed by atoms with Gasteiger partial charge in [-0.2, -0.15) is 0 Å². The minimum absolute atomic E-state index is 0.267. The Hall–Kier alpha value is -3.28. The van der Waals surface area contributed by atoms with Gasteiger partial charge in [0.2, 0.25) is 0 Å². The minimum atomic E-state index is -0.693. The average molecular weight is 393 g/mol. The monoisotopic (exact) mass is 393 g/mol. The van der Waals surface area contributed by atoms with E-state index in [1.54, 1.807) is 11.7 Å². The Morgan fingerprint density at radius 3 is 2.38 bits per heavy atom. The van der Waals surface area contributed by atoms with Gasteiger partial charge in [-0.1, -0.05) is 31.2 Å². The number of aryl methyl sites for hydroxylation is 2. The summed E-state index contributed by atoms with van der Waals surface area (Å²) in [7, 11) is 1.79.